The molecular formula is C19H22FN5O. The minimum Gasteiger partial charge on any atom is -0.375 e. The summed E-state index contributed by atoms with van der Waals surface area (Å²) in [4.78, 5) is 8.44. The minimum absolute atomic E-state index is 0.0675. The third-order valence-corrected chi connectivity index (χ3v) is 4.89. The monoisotopic (exact) mass is 355 g/mol. The quantitative estimate of drug-likeness (QED) is 0.705. The number of aromatic nitrogens is 4. The number of anilines is 1. The van der Waals surface area contributed by atoms with E-state index in [0.29, 0.717) is 11.2 Å². The van der Waals surface area contributed by atoms with Gasteiger partial charge in [0.15, 0.2) is 5.65 Å². The van der Waals surface area contributed by atoms with Gasteiger partial charge in [-0.25, -0.2) is 14.4 Å². The SMILES string of the molecule is Cc1ccc([C@@H](F)CO[C@H]2CC[C@H](Nc3ncnc4[nH]ncc34)C2)cc1. The second-order valence-corrected chi connectivity index (χ2v) is 6.84. The zero-order valence-electron chi connectivity index (χ0n) is 14.7. The van der Waals surface area contributed by atoms with Crippen molar-refractivity contribution in [3.05, 3.63) is 47.9 Å². The fraction of sp³-hybridized carbons (Fsp3) is 0.421. The molecule has 1 aromatic carbocycles. The van der Waals surface area contributed by atoms with E-state index in [9.17, 15) is 4.39 Å². The molecule has 26 heavy (non-hydrogen) atoms. The molecule has 3 aromatic rings. The fourth-order valence-corrected chi connectivity index (χ4v) is 3.39. The first-order valence-corrected chi connectivity index (χ1v) is 8.92. The Hall–Kier alpha value is -2.54. The number of ether oxygens (including phenoxy) is 1. The first-order chi connectivity index (χ1) is 12.7. The number of benzene rings is 1. The van der Waals surface area contributed by atoms with Crippen LogP contribution < -0.4 is 5.32 Å². The molecule has 4 rings (SSSR count). The van der Waals surface area contributed by atoms with E-state index in [2.05, 4.69) is 25.5 Å². The molecule has 1 aliphatic rings. The van der Waals surface area contributed by atoms with E-state index >= 15 is 0 Å². The van der Waals surface area contributed by atoms with Crippen molar-refractivity contribution in [2.24, 2.45) is 0 Å². The summed E-state index contributed by atoms with van der Waals surface area (Å²) in [6.07, 6.45) is 4.93. The van der Waals surface area contributed by atoms with Crippen LogP contribution in [-0.2, 0) is 4.74 Å². The standard InChI is InChI=1S/C19H22FN5O/c1-12-2-4-13(5-3-12)17(20)10-26-15-7-6-14(8-15)24-18-16-9-23-25-19(16)22-11-21-18/h2-5,9,11,14-15,17H,6-8,10H2,1H3,(H2,21,22,23,24,25)/t14-,15-,17-/m0/s1. The maximum atomic E-state index is 14.3. The summed E-state index contributed by atoms with van der Waals surface area (Å²) in [6, 6.07) is 7.76. The molecule has 1 saturated carbocycles. The summed E-state index contributed by atoms with van der Waals surface area (Å²) in [7, 11) is 0. The number of nitrogens with zero attached hydrogens (tertiary/aromatic N) is 3. The van der Waals surface area contributed by atoms with Gasteiger partial charge >= 0.3 is 0 Å². The van der Waals surface area contributed by atoms with Crippen LogP contribution in [0, 0.1) is 6.92 Å². The number of nitrogens with one attached hydrogen (secondary N) is 2. The molecule has 0 saturated heterocycles. The van der Waals surface area contributed by atoms with Gasteiger partial charge in [0, 0.05) is 6.04 Å². The molecule has 0 bridgehead atoms. The molecule has 3 atom stereocenters. The predicted octanol–water partition coefficient (Wildman–Crippen LogP) is 3.72. The number of alkyl halides is 1. The van der Waals surface area contributed by atoms with Gasteiger partial charge in [-0.1, -0.05) is 29.8 Å². The maximum Gasteiger partial charge on any atom is 0.160 e. The smallest absolute Gasteiger partial charge is 0.160 e. The van der Waals surface area contributed by atoms with Gasteiger partial charge in [0.2, 0.25) is 0 Å². The molecule has 6 nitrogen and oxygen atoms in total. The van der Waals surface area contributed by atoms with E-state index < -0.39 is 6.17 Å². The first kappa shape index (κ1) is 16.9. The molecule has 0 amide bonds. The molecule has 2 N–H and O–H groups in total. The molecule has 1 aliphatic carbocycles. The van der Waals surface area contributed by atoms with E-state index in [4.69, 9.17) is 4.74 Å². The number of aryl methyl sites for hydroxylation is 1. The first-order valence-electron chi connectivity index (χ1n) is 8.92. The zero-order valence-corrected chi connectivity index (χ0v) is 14.7. The van der Waals surface area contributed by atoms with Crippen molar-refractivity contribution in [2.45, 2.75) is 44.5 Å². The highest BCUT2D eigenvalue weighted by atomic mass is 19.1. The van der Waals surface area contributed by atoms with Crippen molar-refractivity contribution in [3.63, 3.8) is 0 Å². The molecule has 0 unspecified atom stereocenters. The number of H-pyrrole nitrogens is 1. The van der Waals surface area contributed by atoms with Crippen LogP contribution in [0.2, 0.25) is 0 Å². The van der Waals surface area contributed by atoms with Gasteiger partial charge in [0.1, 0.15) is 18.3 Å². The zero-order chi connectivity index (χ0) is 17.9. The minimum atomic E-state index is -1.09. The maximum absolute atomic E-state index is 14.3. The van der Waals surface area contributed by atoms with Gasteiger partial charge in [0.05, 0.1) is 24.3 Å². The Balaban J connectivity index is 1.30. The van der Waals surface area contributed by atoms with Crippen molar-refractivity contribution in [1.29, 1.82) is 0 Å². The lowest BCUT2D eigenvalue weighted by molar-refractivity contribution is 0.0217. The van der Waals surface area contributed by atoms with Crippen LogP contribution in [0.25, 0.3) is 11.0 Å². The largest absolute Gasteiger partial charge is 0.375 e. The number of fused-ring (bicyclic) bond motifs is 1. The third kappa shape index (κ3) is 3.67. The summed E-state index contributed by atoms with van der Waals surface area (Å²) in [5, 5.41) is 11.2. The lowest BCUT2D eigenvalue weighted by Crippen LogP contribution is -2.19. The van der Waals surface area contributed by atoms with Crippen LogP contribution in [0.3, 0.4) is 0 Å². The Labute approximate surface area is 151 Å². The summed E-state index contributed by atoms with van der Waals surface area (Å²) < 4.78 is 20.2. The predicted molar refractivity (Wildman–Crippen MR) is 97.7 cm³/mol. The van der Waals surface area contributed by atoms with Gasteiger partial charge in [-0.3, -0.25) is 5.10 Å². The second-order valence-electron chi connectivity index (χ2n) is 6.84. The lowest BCUT2D eigenvalue weighted by Gasteiger charge is -2.16. The Bertz CT molecular complexity index is 866. The van der Waals surface area contributed by atoms with Crippen LogP contribution in [0.15, 0.2) is 36.8 Å². The van der Waals surface area contributed by atoms with Gasteiger partial charge in [-0.05, 0) is 31.7 Å². The molecule has 1 fully saturated rings. The summed E-state index contributed by atoms with van der Waals surface area (Å²) >= 11 is 0. The number of aromatic amines is 1. The summed E-state index contributed by atoms with van der Waals surface area (Å²) in [6.45, 7) is 2.09. The number of halogens is 1. The lowest BCUT2D eigenvalue weighted by atomic mass is 10.1. The molecule has 0 radical (unpaired) electrons. The van der Waals surface area contributed by atoms with E-state index in [1.807, 2.05) is 31.2 Å². The molecule has 0 aliphatic heterocycles. The van der Waals surface area contributed by atoms with Crippen molar-refractivity contribution in [1.82, 2.24) is 20.2 Å². The normalized spacial score (nSPS) is 21.2. The number of hydrogen-bond donors (Lipinski definition) is 2. The van der Waals surface area contributed by atoms with E-state index in [-0.39, 0.29) is 18.8 Å². The van der Waals surface area contributed by atoms with Crippen molar-refractivity contribution in [3.8, 4) is 0 Å². The Morgan fingerprint density at radius 2 is 2.12 bits per heavy atom. The molecule has 2 heterocycles. The van der Waals surface area contributed by atoms with Crippen molar-refractivity contribution >= 4 is 16.9 Å². The van der Waals surface area contributed by atoms with Crippen LogP contribution in [-0.4, -0.2) is 38.9 Å². The Morgan fingerprint density at radius 3 is 2.96 bits per heavy atom. The number of rotatable bonds is 6. The molecule has 136 valence electrons. The molecule has 7 heteroatoms. The third-order valence-electron chi connectivity index (χ3n) is 4.89. The van der Waals surface area contributed by atoms with Crippen LogP contribution in [0.4, 0.5) is 10.2 Å². The average Bonchev–Trinajstić information content (AvgIpc) is 3.30. The van der Waals surface area contributed by atoms with Gasteiger partial charge < -0.3 is 10.1 Å². The highest BCUT2D eigenvalue weighted by Crippen LogP contribution is 2.28. The Kier molecular flexibility index (Phi) is 4.79. The van der Waals surface area contributed by atoms with Crippen LogP contribution >= 0.6 is 0 Å². The van der Waals surface area contributed by atoms with Crippen LogP contribution in [0.1, 0.15) is 36.6 Å². The molecule has 0 spiro atoms. The number of hydrogen-bond acceptors (Lipinski definition) is 5. The van der Waals surface area contributed by atoms with Gasteiger partial charge in [-0.15, -0.1) is 0 Å². The van der Waals surface area contributed by atoms with E-state index in [0.717, 1.165) is 36.0 Å². The van der Waals surface area contributed by atoms with Crippen LogP contribution in [0.5, 0.6) is 0 Å². The van der Waals surface area contributed by atoms with Crippen molar-refractivity contribution in [2.75, 3.05) is 11.9 Å². The highest BCUT2D eigenvalue weighted by Gasteiger charge is 2.27. The summed E-state index contributed by atoms with van der Waals surface area (Å²) in [5.41, 5.74) is 2.52. The average molecular weight is 355 g/mol. The topological polar surface area (TPSA) is 75.7 Å². The highest BCUT2D eigenvalue weighted by molar-refractivity contribution is 5.85. The van der Waals surface area contributed by atoms with Gasteiger partial charge in [-0.2, -0.15) is 5.10 Å². The molecular weight excluding hydrogens is 333 g/mol. The van der Waals surface area contributed by atoms with Gasteiger partial charge in [0.25, 0.3) is 0 Å². The fourth-order valence-electron chi connectivity index (χ4n) is 3.39. The Morgan fingerprint density at radius 1 is 1.27 bits per heavy atom. The van der Waals surface area contributed by atoms with Crippen molar-refractivity contribution < 1.29 is 9.13 Å². The van der Waals surface area contributed by atoms with E-state index in [1.165, 1.54) is 6.33 Å². The second kappa shape index (κ2) is 7.37. The summed E-state index contributed by atoms with van der Waals surface area (Å²) in [5.74, 6) is 0.775. The molecule has 2 aromatic heterocycles. The van der Waals surface area contributed by atoms with E-state index in [1.54, 1.807) is 6.20 Å².